The summed E-state index contributed by atoms with van der Waals surface area (Å²) in [6, 6.07) is 12.4. The summed E-state index contributed by atoms with van der Waals surface area (Å²) in [6.45, 7) is 1.19. The van der Waals surface area contributed by atoms with Gasteiger partial charge in [0.15, 0.2) is 0 Å². The molecular weight excluding hydrogens is 438 g/mol. The van der Waals surface area contributed by atoms with Crippen molar-refractivity contribution in [1.29, 1.82) is 0 Å². The summed E-state index contributed by atoms with van der Waals surface area (Å²) in [6.07, 6.45) is 2.35. The molecule has 1 heterocycles. The van der Waals surface area contributed by atoms with E-state index in [1.165, 1.54) is 12.1 Å². The lowest BCUT2D eigenvalue weighted by Gasteiger charge is -2.27. The Kier molecular flexibility index (Phi) is 7.20. The molecule has 6 nitrogen and oxygen atoms in total. The highest BCUT2D eigenvalue weighted by atomic mass is 32.2. The van der Waals surface area contributed by atoms with Gasteiger partial charge in [0, 0.05) is 26.2 Å². The number of nitrogens with zero attached hydrogens (tertiary/aromatic N) is 1. The number of allylic oxidation sites excluding steroid dienone is 1. The predicted octanol–water partition coefficient (Wildman–Crippen LogP) is 3.53. The second-order valence-corrected chi connectivity index (χ2v) is 9.65. The summed E-state index contributed by atoms with van der Waals surface area (Å²) in [5, 5.41) is 0. The highest BCUT2D eigenvalue weighted by Gasteiger charge is 2.23. The topological polar surface area (TPSA) is 67.9 Å². The molecule has 2 aromatic carbocycles. The largest absolute Gasteiger partial charge is 0.435 e. The van der Waals surface area contributed by atoms with E-state index in [1.807, 2.05) is 24.3 Å². The Bertz CT molecular complexity index is 1080. The first-order chi connectivity index (χ1) is 15.4. The molecule has 0 spiro atoms. The van der Waals surface area contributed by atoms with E-state index in [1.54, 1.807) is 12.1 Å². The summed E-state index contributed by atoms with van der Waals surface area (Å²) in [5.41, 5.74) is 3.52. The van der Waals surface area contributed by atoms with Crippen molar-refractivity contribution in [2.45, 2.75) is 32.5 Å². The van der Waals surface area contributed by atoms with Crippen molar-refractivity contribution in [2.24, 2.45) is 0 Å². The first-order valence-electron chi connectivity index (χ1n) is 10.6. The maximum Gasteiger partial charge on any atom is 0.387 e. The lowest BCUT2D eigenvalue weighted by atomic mass is 9.97. The van der Waals surface area contributed by atoms with Crippen LogP contribution in [0.15, 0.2) is 47.4 Å². The SMILES string of the molecule is O=S(=O)(NCc1ccccc1CN1CCOCC1)C1=Cc2ccc(OC(F)F)cc2CC1. The number of benzene rings is 2. The molecule has 4 rings (SSSR count). The average Bonchev–Trinajstić information content (AvgIpc) is 2.78. The van der Waals surface area contributed by atoms with Crippen molar-refractivity contribution in [3.8, 4) is 5.75 Å². The fourth-order valence-corrected chi connectivity index (χ4v) is 5.16. The molecule has 1 aliphatic heterocycles. The summed E-state index contributed by atoms with van der Waals surface area (Å²) in [4.78, 5) is 2.59. The molecular formula is C23H26F2N2O4S. The van der Waals surface area contributed by atoms with Crippen LogP contribution >= 0.6 is 0 Å². The lowest BCUT2D eigenvalue weighted by Crippen LogP contribution is -2.36. The Morgan fingerprint density at radius 2 is 1.81 bits per heavy atom. The molecule has 0 amide bonds. The molecule has 1 saturated heterocycles. The van der Waals surface area contributed by atoms with Crippen molar-refractivity contribution >= 4 is 16.1 Å². The number of nitrogens with one attached hydrogen (secondary N) is 1. The maximum atomic E-state index is 13.0. The van der Waals surface area contributed by atoms with Crippen molar-refractivity contribution in [3.05, 3.63) is 69.6 Å². The molecule has 9 heteroatoms. The van der Waals surface area contributed by atoms with Gasteiger partial charge in [0.1, 0.15) is 5.75 Å². The molecule has 0 unspecified atom stereocenters. The molecule has 0 saturated carbocycles. The zero-order valence-electron chi connectivity index (χ0n) is 17.6. The van der Waals surface area contributed by atoms with Crippen LogP contribution < -0.4 is 9.46 Å². The number of sulfonamides is 1. The first kappa shape index (κ1) is 22.8. The number of halogens is 2. The Balaban J connectivity index is 1.44. The summed E-state index contributed by atoms with van der Waals surface area (Å²) in [5.74, 6) is 0.0773. The van der Waals surface area contributed by atoms with Crippen LogP contribution in [0.25, 0.3) is 6.08 Å². The summed E-state index contributed by atoms with van der Waals surface area (Å²) in [7, 11) is -3.68. The number of fused-ring (bicyclic) bond motifs is 1. The summed E-state index contributed by atoms with van der Waals surface area (Å²) < 4.78 is 63.3. The number of ether oxygens (including phenoxy) is 2. The van der Waals surface area contributed by atoms with Crippen LogP contribution in [0.3, 0.4) is 0 Å². The average molecular weight is 465 g/mol. The van der Waals surface area contributed by atoms with Gasteiger partial charge >= 0.3 is 6.61 Å². The standard InChI is InChI=1S/C23H26F2N2O4S/c24-23(25)31-21-7-5-18-14-22(8-6-17(18)13-21)32(28,29)26-15-19-3-1-2-4-20(19)16-27-9-11-30-12-10-27/h1-5,7,13-14,23,26H,6,8-12,15-16H2. The summed E-state index contributed by atoms with van der Waals surface area (Å²) >= 11 is 0. The van der Waals surface area contributed by atoms with Crippen LogP contribution in [0.1, 0.15) is 28.7 Å². The van der Waals surface area contributed by atoms with Gasteiger partial charge in [-0.05, 0) is 53.3 Å². The predicted molar refractivity (Wildman–Crippen MR) is 118 cm³/mol. The third-order valence-electron chi connectivity index (χ3n) is 5.71. The smallest absolute Gasteiger partial charge is 0.387 e. The second-order valence-electron chi connectivity index (χ2n) is 7.83. The van der Waals surface area contributed by atoms with Crippen LogP contribution in [-0.2, 0) is 34.3 Å². The van der Waals surface area contributed by atoms with E-state index < -0.39 is 16.6 Å². The van der Waals surface area contributed by atoms with Gasteiger partial charge in [0.2, 0.25) is 10.0 Å². The monoisotopic (exact) mass is 464 g/mol. The molecule has 2 aliphatic rings. The zero-order chi connectivity index (χ0) is 22.6. The quantitative estimate of drug-likeness (QED) is 0.648. The van der Waals surface area contributed by atoms with Gasteiger partial charge in [-0.25, -0.2) is 13.1 Å². The van der Waals surface area contributed by atoms with E-state index in [0.29, 0.717) is 31.6 Å². The molecule has 0 bridgehead atoms. The van der Waals surface area contributed by atoms with E-state index >= 15 is 0 Å². The van der Waals surface area contributed by atoms with Crippen molar-refractivity contribution in [3.63, 3.8) is 0 Å². The Labute approximate surface area is 186 Å². The van der Waals surface area contributed by atoms with Gasteiger partial charge in [-0.1, -0.05) is 30.3 Å². The van der Waals surface area contributed by atoms with Crippen LogP contribution in [0, 0.1) is 0 Å². The van der Waals surface area contributed by atoms with Gasteiger partial charge in [0.25, 0.3) is 0 Å². The molecule has 1 aliphatic carbocycles. The van der Waals surface area contributed by atoms with Gasteiger partial charge in [-0.2, -0.15) is 8.78 Å². The number of aryl methyl sites for hydroxylation is 1. The van der Waals surface area contributed by atoms with Crippen LogP contribution in [0.5, 0.6) is 5.75 Å². The van der Waals surface area contributed by atoms with E-state index in [9.17, 15) is 17.2 Å². The lowest BCUT2D eigenvalue weighted by molar-refractivity contribution is -0.0498. The van der Waals surface area contributed by atoms with E-state index in [0.717, 1.165) is 36.3 Å². The Morgan fingerprint density at radius 1 is 1.06 bits per heavy atom. The van der Waals surface area contributed by atoms with Crippen LogP contribution in [0.4, 0.5) is 8.78 Å². The normalized spacial score (nSPS) is 17.2. The van der Waals surface area contributed by atoms with Gasteiger partial charge in [-0.3, -0.25) is 4.90 Å². The number of rotatable bonds is 8. The van der Waals surface area contributed by atoms with E-state index in [2.05, 4.69) is 14.4 Å². The Morgan fingerprint density at radius 3 is 2.56 bits per heavy atom. The van der Waals surface area contributed by atoms with Crippen molar-refractivity contribution in [1.82, 2.24) is 9.62 Å². The minimum Gasteiger partial charge on any atom is -0.435 e. The highest BCUT2D eigenvalue weighted by molar-refractivity contribution is 7.93. The third kappa shape index (κ3) is 5.72. The van der Waals surface area contributed by atoms with Gasteiger partial charge < -0.3 is 9.47 Å². The molecule has 0 radical (unpaired) electrons. The molecule has 1 fully saturated rings. The number of hydrogen-bond acceptors (Lipinski definition) is 5. The van der Waals surface area contributed by atoms with Crippen molar-refractivity contribution in [2.75, 3.05) is 26.3 Å². The molecule has 0 aromatic heterocycles. The van der Waals surface area contributed by atoms with Crippen LogP contribution in [0.2, 0.25) is 0 Å². The number of hydrogen-bond donors (Lipinski definition) is 1. The minimum absolute atomic E-state index is 0.0773. The molecule has 32 heavy (non-hydrogen) atoms. The van der Waals surface area contributed by atoms with Gasteiger partial charge in [-0.15, -0.1) is 0 Å². The zero-order valence-corrected chi connectivity index (χ0v) is 18.4. The minimum atomic E-state index is -3.68. The number of morpholine rings is 1. The fraction of sp³-hybridized carbons (Fsp3) is 0.391. The molecule has 0 atom stereocenters. The number of alkyl halides is 2. The Hall–Kier alpha value is -2.33. The van der Waals surface area contributed by atoms with Crippen molar-refractivity contribution < 1.29 is 26.7 Å². The first-order valence-corrected chi connectivity index (χ1v) is 12.0. The van der Waals surface area contributed by atoms with Crippen LogP contribution in [-0.4, -0.2) is 46.2 Å². The second kappa shape index (κ2) is 10.1. The maximum absolute atomic E-state index is 13.0. The highest BCUT2D eigenvalue weighted by Crippen LogP contribution is 2.30. The molecule has 2 aromatic rings. The van der Waals surface area contributed by atoms with E-state index in [4.69, 9.17) is 4.74 Å². The molecule has 172 valence electrons. The van der Waals surface area contributed by atoms with Gasteiger partial charge in [0.05, 0.1) is 18.1 Å². The fourth-order valence-electron chi connectivity index (χ4n) is 3.98. The van der Waals surface area contributed by atoms with E-state index in [-0.39, 0.29) is 17.2 Å². The molecule has 1 N–H and O–H groups in total. The third-order valence-corrected chi connectivity index (χ3v) is 7.25.